The first-order chi connectivity index (χ1) is 16.0. The summed E-state index contributed by atoms with van der Waals surface area (Å²) in [5.74, 6) is 0.0128. The molecule has 1 aliphatic carbocycles. The molecule has 2 aromatic carbocycles. The van der Waals surface area contributed by atoms with E-state index in [2.05, 4.69) is 52.5 Å². The predicted octanol–water partition coefficient (Wildman–Crippen LogP) is 5.23. The molecule has 0 saturated heterocycles. The summed E-state index contributed by atoms with van der Waals surface area (Å²) in [6.07, 6.45) is 7.66. The van der Waals surface area contributed by atoms with Crippen molar-refractivity contribution in [3.63, 3.8) is 0 Å². The van der Waals surface area contributed by atoms with Gasteiger partial charge in [0.2, 0.25) is 0 Å². The second-order valence-corrected chi connectivity index (χ2v) is 9.94. The van der Waals surface area contributed by atoms with Crippen LogP contribution in [0, 0.1) is 18.3 Å². The van der Waals surface area contributed by atoms with Gasteiger partial charge in [-0.3, -0.25) is 9.69 Å². The van der Waals surface area contributed by atoms with E-state index in [-0.39, 0.29) is 11.4 Å². The molecule has 0 bridgehead atoms. The fraction of sp³-hybridized carbons (Fsp3) is 0.429. The summed E-state index contributed by atoms with van der Waals surface area (Å²) in [7, 11) is 0. The molecule has 2 heterocycles. The second kappa shape index (κ2) is 9.03. The topological polar surface area (TPSA) is 71.9 Å². The van der Waals surface area contributed by atoms with E-state index in [4.69, 9.17) is 5.26 Å². The van der Waals surface area contributed by atoms with Crippen LogP contribution in [0.3, 0.4) is 0 Å². The Morgan fingerprint density at radius 3 is 2.79 bits per heavy atom. The third-order valence-corrected chi connectivity index (χ3v) is 7.55. The van der Waals surface area contributed by atoms with E-state index in [1.54, 1.807) is 0 Å². The fourth-order valence-electron chi connectivity index (χ4n) is 5.58. The van der Waals surface area contributed by atoms with Crippen LogP contribution in [0.25, 0.3) is 10.9 Å². The number of benzene rings is 2. The number of carbonyl (C=O) groups is 1. The summed E-state index contributed by atoms with van der Waals surface area (Å²) in [6, 6.07) is 16.5. The number of carbonyl (C=O) groups excluding carboxylic acids is 1. The third kappa shape index (κ3) is 4.67. The summed E-state index contributed by atoms with van der Waals surface area (Å²) < 4.78 is 0. The number of amides is 1. The van der Waals surface area contributed by atoms with Gasteiger partial charge in [0, 0.05) is 36.1 Å². The molecule has 1 saturated carbocycles. The molecule has 5 heteroatoms. The number of aromatic nitrogens is 1. The Kier molecular flexibility index (Phi) is 5.95. The highest BCUT2D eigenvalue weighted by Gasteiger charge is 2.34. The Morgan fingerprint density at radius 2 is 1.97 bits per heavy atom. The van der Waals surface area contributed by atoms with E-state index in [0.717, 1.165) is 61.8 Å². The molecule has 33 heavy (non-hydrogen) atoms. The molecule has 2 N–H and O–H groups in total. The number of aryl methyl sites for hydroxylation is 1. The van der Waals surface area contributed by atoms with Crippen LogP contribution in [0.5, 0.6) is 0 Å². The summed E-state index contributed by atoms with van der Waals surface area (Å²) >= 11 is 0. The number of nitrogens with one attached hydrogen (secondary N) is 2. The maximum absolute atomic E-state index is 13.3. The molecule has 1 amide bonds. The smallest absolute Gasteiger partial charge is 0.268 e. The lowest BCUT2D eigenvalue weighted by atomic mass is 9.79. The lowest BCUT2D eigenvalue weighted by Crippen LogP contribution is -2.51. The highest BCUT2D eigenvalue weighted by Crippen LogP contribution is 2.33. The van der Waals surface area contributed by atoms with Crippen molar-refractivity contribution in [1.82, 2.24) is 15.2 Å². The van der Waals surface area contributed by atoms with Gasteiger partial charge in [-0.15, -0.1) is 0 Å². The average molecular weight is 441 g/mol. The maximum atomic E-state index is 13.3. The van der Waals surface area contributed by atoms with Crippen LogP contribution in [-0.2, 0) is 13.0 Å². The number of aromatic amines is 1. The van der Waals surface area contributed by atoms with E-state index in [9.17, 15) is 4.79 Å². The number of H-pyrrole nitrogens is 1. The number of nitrogens with zero attached hydrogens (tertiary/aromatic N) is 2. The molecular formula is C28H32N4O. The number of nitriles is 1. The maximum Gasteiger partial charge on any atom is 0.268 e. The van der Waals surface area contributed by atoms with Crippen LogP contribution in [-0.4, -0.2) is 34.4 Å². The number of hydrogen-bond donors (Lipinski definition) is 2. The van der Waals surface area contributed by atoms with E-state index in [1.165, 1.54) is 36.0 Å². The van der Waals surface area contributed by atoms with E-state index in [0.29, 0.717) is 5.69 Å². The van der Waals surface area contributed by atoms with Crippen LogP contribution in [0.2, 0.25) is 0 Å². The molecule has 2 aliphatic rings. The molecule has 1 aromatic heterocycles. The molecule has 170 valence electrons. The first kappa shape index (κ1) is 21.7. The highest BCUT2D eigenvalue weighted by molar-refractivity contribution is 5.98. The van der Waals surface area contributed by atoms with Crippen molar-refractivity contribution >= 4 is 16.8 Å². The van der Waals surface area contributed by atoms with E-state index < -0.39 is 0 Å². The summed E-state index contributed by atoms with van der Waals surface area (Å²) in [5, 5.41) is 13.7. The van der Waals surface area contributed by atoms with Crippen LogP contribution in [0.15, 0.2) is 42.5 Å². The monoisotopic (exact) mass is 440 g/mol. The van der Waals surface area contributed by atoms with Gasteiger partial charge in [0.25, 0.3) is 5.91 Å². The van der Waals surface area contributed by atoms with Gasteiger partial charge in [-0.1, -0.05) is 37.5 Å². The third-order valence-electron chi connectivity index (χ3n) is 7.55. The lowest BCUT2D eigenvalue weighted by Gasteiger charge is -2.40. The van der Waals surface area contributed by atoms with Gasteiger partial charge in [0.05, 0.1) is 11.6 Å². The van der Waals surface area contributed by atoms with Gasteiger partial charge in [0.15, 0.2) is 0 Å². The molecule has 1 fully saturated rings. The Labute approximate surface area is 195 Å². The van der Waals surface area contributed by atoms with Gasteiger partial charge in [-0.25, -0.2) is 0 Å². The van der Waals surface area contributed by atoms with Gasteiger partial charge in [0.1, 0.15) is 5.69 Å². The van der Waals surface area contributed by atoms with Gasteiger partial charge >= 0.3 is 0 Å². The number of rotatable bonds is 5. The Hall–Kier alpha value is -3.10. The van der Waals surface area contributed by atoms with Crippen molar-refractivity contribution in [3.05, 3.63) is 70.4 Å². The van der Waals surface area contributed by atoms with Crippen molar-refractivity contribution in [3.8, 4) is 6.07 Å². The van der Waals surface area contributed by atoms with Crippen molar-refractivity contribution < 1.29 is 4.79 Å². The van der Waals surface area contributed by atoms with E-state index in [1.807, 2.05) is 18.2 Å². The van der Waals surface area contributed by atoms with Gasteiger partial charge in [-0.2, -0.15) is 5.26 Å². The minimum Gasteiger partial charge on any atom is -0.351 e. The quantitative estimate of drug-likeness (QED) is 0.571. The first-order valence-corrected chi connectivity index (χ1v) is 12.2. The molecule has 0 radical (unpaired) electrons. The number of fused-ring (bicyclic) bond motifs is 2. The largest absolute Gasteiger partial charge is 0.351 e. The minimum atomic E-state index is -0.131. The molecule has 5 rings (SSSR count). The molecule has 5 nitrogen and oxygen atoms in total. The predicted molar refractivity (Wildman–Crippen MR) is 131 cm³/mol. The van der Waals surface area contributed by atoms with Crippen molar-refractivity contribution in [2.45, 2.75) is 64.0 Å². The normalized spacial score (nSPS) is 17.9. The molecule has 3 aromatic rings. The summed E-state index contributed by atoms with van der Waals surface area (Å²) in [5.41, 5.74) is 6.11. The van der Waals surface area contributed by atoms with Crippen molar-refractivity contribution in [2.24, 2.45) is 0 Å². The van der Waals surface area contributed by atoms with Gasteiger partial charge < -0.3 is 10.3 Å². The Bertz CT molecular complexity index is 1210. The molecule has 0 atom stereocenters. The van der Waals surface area contributed by atoms with Gasteiger partial charge in [-0.05, 0) is 73.6 Å². The zero-order chi connectivity index (χ0) is 22.8. The minimum absolute atomic E-state index is 0.0128. The zero-order valence-corrected chi connectivity index (χ0v) is 19.4. The second-order valence-electron chi connectivity index (χ2n) is 9.94. The molecule has 1 aliphatic heterocycles. The molecular weight excluding hydrogens is 408 g/mol. The standard InChI is InChI=1S/C28H32N4O/c1-20-5-7-23-17-26(30-25(23)15-20)27(33)31-28(10-3-2-4-11-28)12-14-32-13-9-22-16-21(18-29)6-8-24(22)19-32/h5-8,15-17,30H,2-4,9-14,19H2,1H3,(H,31,33). The summed E-state index contributed by atoms with van der Waals surface area (Å²) in [6.45, 7) is 4.98. The number of hydrogen-bond acceptors (Lipinski definition) is 3. The Balaban J connectivity index is 1.27. The zero-order valence-electron chi connectivity index (χ0n) is 19.4. The van der Waals surface area contributed by atoms with Crippen LogP contribution < -0.4 is 5.32 Å². The van der Waals surface area contributed by atoms with Crippen LogP contribution in [0.4, 0.5) is 0 Å². The first-order valence-electron chi connectivity index (χ1n) is 12.2. The van der Waals surface area contributed by atoms with E-state index >= 15 is 0 Å². The highest BCUT2D eigenvalue weighted by atomic mass is 16.2. The molecule has 0 unspecified atom stereocenters. The summed E-state index contributed by atoms with van der Waals surface area (Å²) in [4.78, 5) is 19.1. The average Bonchev–Trinajstić information content (AvgIpc) is 3.26. The Morgan fingerprint density at radius 1 is 1.12 bits per heavy atom. The SMILES string of the molecule is Cc1ccc2cc(C(=O)NC3(CCN4CCc5cc(C#N)ccc5C4)CCCCC3)[nH]c2c1. The fourth-order valence-corrected chi connectivity index (χ4v) is 5.58. The van der Waals surface area contributed by atoms with Crippen LogP contribution >= 0.6 is 0 Å². The van der Waals surface area contributed by atoms with Crippen molar-refractivity contribution in [1.29, 1.82) is 5.26 Å². The van der Waals surface area contributed by atoms with Crippen molar-refractivity contribution in [2.75, 3.05) is 13.1 Å². The molecule has 0 spiro atoms. The lowest BCUT2D eigenvalue weighted by molar-refractivity contribution is 0.0836. The van der Waals surface area contributed by atoms with Crippen LogP contribution in [0.1, 0.15) is 71.3 Å².